The van der Waals surface area contributed by atoms with Gasteiger partial charge >= 0.3 is 0 Å². The normalized spacial score (nSPS) is 17.1. The molecule has 1 aliphatic heterocycles. The molecule has 1 fully saturated rings. The smallest absolute Gasteiger partial charge is 0.293 e. The lowest BCUT2D eigenvalue weighted by atomic mass is 9.97. The average molecular weight is 386 g/mol. The molecule has 1 aromatic carbocycles. The van der Waals surface area contributed by atoms with Crippen LogP contribution < -0.4 is 15.8 Å². The van der Waals surface area contributed by atoms with Crippen LogP contribution in [0.15, 0.2) is 29.1 Å². The Morgan fingerprint density at radius 1 is 1.32 bits per heavy atom. The van der Waals surface area contributed by atoms with Crippen molar-refractivity contribution >= 4 is 22.8 Å². The van der Waals surface area contributed by atoms with E-state index in [4.69, 9.17) is 4.74 Å². The summed E-state index contributed by atoms with van der Waals surface area (Å²) in [5.74, 6) is 0.385. The molecule has 1 aliphatic rings. The second kappa shape index (κ2) is 9.68. The highest BCUT2D eigenvalue weighted by Crippen LogP contribution is 2.21. The number of hydrogen-bond acceptors (Lipinski definition) is 5. The number of anilines is 1. The van der Waals surface area contributed by atoms with Crippen LogP contribution in [-0.2, 0) is 16.1 Å². The third-order valence-electron chi connectivity index (χ3n) is 5.21. The van der Waals surface area contributed by atoms with Gasteiger partial charge in [-0.2, -0.15) is 0 Å². The Labute approximate surface area is 165 Å². The van der Waals surface area contributed by atoms with E-state index in [1.807, 2.05) is 43.0 Å². The SMILES string of the molecule is CCOCCCNC(=O)C1CCCN(c2nc3ccccc3n(CC)c2=O)C1. The molecule has 3 rings (SSSR count). The number of fused-ring (bicyclic) bond motifs is 1. The van der Waals surface area contributed by atoms with Crippen LogP contribution in [0.1, 0.15) is 33.1 Å². The second-order valence-corrected chi connectivity index (χ2v) is 7.10. The standard InChI is InChI=1S/C21H30N4O3/c1-3-25-18-11-6-5-10-17(18)23-19(21(25)27)24-13-7-9-16(15-24)20(26)22-12-8-14-28-4-2/h5-6,10-11,16H,3-4,7-9,12-15H2,1-2H3,(H,22,26). The monoisotopic (exact) mass is 386 g/mol. The molecule has 7 nitrogen and oxygen atoms in total. The summed E-state index contributed by atoms with van der Waals surface area (Å²) in [7, 11) is 0. The number of carbonyl (C=O) groups excluding carboxylic acids is 1. The van der Waals surface area contributed by atoms with Gasteiger partial charge in [0.25, 0.3) is 5.56 Å². The van der Waals surface area contributed by atoms with E-state index >= 15 is 0 Å². The van der Waals surface area contributed by atoms with Crippen molar-refractivity contribution in [3.8, 4) is 0 Å². The Kier molecular flexibility index (Phi) is 7.03. The minimum atomic E-state index is -0.122. The number of nitrogens with one attached hydrogen (secondary N) is 1. The first-order valence-corrected chi connectivity index (χ1v) is 10.3. The summed E-state index contributed by atoms with van der Waals surface area (Å²) in [5.41, 5.74) is 1.57. The summed E-state index contributed by atoms with van der Waals surface area (Å²) in [6.45, 7) is 7.76. The number of rotatable bonds is 8. The fourth-order valence-corrected chi connectivity index (χ4v) is 3.76. The summed E-state index contributed by atoms with van der Waals surface area (Å²) >= 11 is 0. The molecule has 1 atom stereocenters. The van der Waals surface area contributed by atoms with Crippen molar-refractivity contribution in [1.29, 1.82) is 0 Å². The Bertz CT molecular complexity index is 864. The Hall–Kier alpha value is -2.41. The molecule has 2 heterocycles. The number of aryl methyl sites for hydroxylation is 1. The van der Waals surface area contributed by atoms with E-state index in [1.165, 1.54) is 0 Å². The first-order chi connectivity index (χ1) is 13.7. The van der Waals surface area contributed by atoms with Gasteiger partial charge in [0.05, 0.1) is 17.0 Å². The first-order valence-electron chi connectivity index (χ1n) is 10.3. The van der Waals surface area contributed by atoms with Gasteiger partial charge in [0, 0.05) is 39.4 Å². The predicted molar refractivity (Wildman–Crippen MR) is 111 cm³/mol. The maximum Gasteiger partial charge on any atom is 0.293 e. The molecule has 0 aliphatic carbocycles. The van der Waals surface area contributed by atoms with Crippen LogP contribution in [0, 0.1) is 5.92 Å². The third kappa shape index (κ3) is 4.52. The number of aromatic nitrogens is 2. The fourth-order valence-electron chi connectivity index (χ4n) is 3.76. The zero-order valence-corrected chi connectivity index (χ0v) is 16.8. The molecule has 0 radical (unpaired) electrons. The van der Waals surface area contributed by atoms with Gasteiger partial charge in [0.2, 0.25) is 5.91 Å². The van der Waals surface area contributed by atoms with Gasteiger partial charge < -0.3 is 19.5 Å². The summed E-state index contributed by atoms with van der Waals surface area (Å²) in [6.07, 6.45) is 2.52. The summed E-state index contributed by atoms with van der Waals surface area (Å²) in [5, 5.41) is 3.00. The van der Waals surface area contributed by atoms with E-state index in [1.54, 1.807) is 4.57 Å². The molecular weight excluding hydrogens is 356 g/mol. The average Bonchev–Trinajstić information content (AvgIpc) is 2.73. The zero-order valence-electron chi connectivity index (χ0n) is 16.8. The van der Waals surface area contributed by atoms with Gasteiger partial charge in [0.1, 0.15) is 0 Å². The third-order valence-corrected chi connectivity index (χ3v) is 5.21. The molecule has 2 aromatic rings. The molecule has 1 saturated heterocycles. The topological polar surface area (TPSA) is 76.5 Å². The van der Waals surface area contributed by atoms with Gasteiger partial charge in [-0.3, -0.25) is 9.59 Å². The molecule has 0 saturated carbocycles. The molecule has 0 bridgehead atoms. The largest absolute Gasteiger partial charge is 0.382 e. The Balaban J connectivity index is 1.73. The zero-order chi connectivity index (χ0) is 19.9. The van der Waals surface area contributed by atoms with Crippen LogP contribution in [0.3, 0.4) is 0 Å². The van der Waals surface area contributed by atoms with Crippen molar-refractivity contribution in [3.05, 3.63) is 34.6 Å². The highest BCUT2D eigenvalue weighted by molar-refractivity contribution is 5.80. The van der Waals surface area contributed by atoms with E-state index in [9.17, 15) is 9.59 Å². The van der Waals surface area contributed by atoms with Crippen molar-refractivity contribution in [3.63, 3.8) is 0 Å². The molecule has 1 amide bonds. The van der Waals surface area contributed by atoms with Crippen molar-refractivity contribution in [2.75, 3.05) is 37.7 Å². The van der Waals surface area contributed by atoms with Crippen molar-refractivity contribution in [1.82, 2.24) is 14.9 Å². The quantitative estimate of drug-likeness (QED) is 0.704. The van der Waals surface area contributed by atoms with Gasteiger partial charge in [-0.1, -0.05) is 12.1 Å². The number of nitrogens with zero attached hydrogens (tertiary/aromatic N) is 3. The minimum Gasteiger partial charge on any atom is -0.382 e. The molecule has 1 N–H and O–H groups in total. The van der Waals surface area contributed by atoms with Crippen LogP contribution in [0.25, 0.3) is 11.0 Å². The van der Waals surface area contributed by atoms with E-state index in [2.05, 4.69) is 10.3 Å². The van der Waals surface area contributed by atoms with Crippen LogP contribution >= 0.6 is 0 Å². The summed E-state index contributed by atoms with van der Waals surface area (Å²) in [6, 6.07) is 7.70. The van der Waals surface area contributed by atoms with E-state index in [-0.39, 0.29) is 17.4 Å². The minimum absolute atomic E-state index is 0.0535. The van der Waals surface area contributed by atoms with Crippen molar-refractivity contribution in [2.24, 2.45) is 5.92 Å². The van der Waals surface area contributed by atoms with Gasteiger partial charge in [0.15, 0.2) is 5.82 Å². The Morgan fingerprint density at radius 2 is 2.14 bits per heavy atom. The van der Waals surface area contributed by atoms with Crippen LogP contribution in [0.4, 0.5) is 5.82 Å². The number of carbonyl (C=O) groups is 1. The molecular formula is C21H30N4O3. The highest BCUT2D eigenvalue weighted by Gasteiger charge is 2.28. The van der Waals surface area contributed by atoms with Crippen LogP contribution in [-0.4, -0.2) is 48.3 Å². The fraction of sp³-hybridized carbons (Fsp3) is 0.571. The number of amides is 1. The number of ether oxygens (including phenoxy) is 1. The lowest BCUT2D eigenvalue weighted by Gasteiger charge is -2.32. The van der Waals surface area contributed by atoms with Gasteiger partial charge in [-0.05, 0) is 45.2 Å². The van der Waals surface area contributed by atoms with E-state index < -0.39 is 0 Å². The number of benzene rings is 1. The number of para-hydroxylation sites is 2. The van der Waals surface area contributed by atoms with Gasteiger partial charge in [-0.15, -0.1) is 0 Å². The lowest BCUT2D eigenvalue weighted by Crippen LogP contribution is -2.45. The second-order valence-electron chi connectivity index (χ2n) is 7.10. The van der Waals surface area contributed by atoms with E-state index in [0.717, 1.165) is 36.8 Å². The highest BCUT2D eigenvalue weighted by atomic mass is 16.5. The molecule has 0 spiro atoms. The molecule has 1 unspecified atom stereocenters. The Morgan fingerprint density at radius 3 is 2.93 bits per heavy atom. The summed E-state index contributed by atoms with van der Waals surface area (Å²) in [4.78, 5) is 32.2. The van der Waals surface area contributed by atoms with Gasteiger partial charge in [-0.25, -0.2) is 4.98 Å². The number of hydrogen-bond donors (Lipinski definition) is 1. The maximum absolute atomic E-state index is 13.0. The molecule has 1 aromatic heterocycles. The molecule has 152 valence electrons. The van der Waals surface area contributed by atoms with Crippen LogP contribution in [0.5, 0.6) is 0 Å². The number of piperidine rings is 1. The maximum atomic E-state index is 13.0. The van der Waals surface area contributed by atoms with E-state index in [0.29, 0.717) is 38.7 Å². The summed E-state index contributed by atoms with van der Waals surface area (Å²) < 4.78 is 7.06. The molecule has 7 heteroatoms. The van der Waals surface area contributed by atoms with Crippen molar-refractivity contribution in [2.45, 2.75) is 39.7 Å². The molecule has 28 heavy (non-hydrogen) atoms. The predicted octanol–water partition coefficient (Wildman–Crippen LogP) is 2.18. The lowest BCUT2D eigenvalue weighted by molar-refractivity contribution is -0.125. The first kappa shape index (κ1) is 20.3. The van der Waals surface area contributed by atoms with Crippen LogP contribution in [0.2, 0.25) is 0 Å². The van der Waals surface area contributed by atoms with Crippen molar-refractivity contribution < 1.29 is 9.53 Å².